The molecule has 1 aromatic heterocycles. The van der Waals surface area contributed by atoms with Crippen LogP contribution in [-0.4, -0.2) is 16.1 Å². The topological polar surface area (TPSA) is 50.2 Å². The summed E-state index contributed by atoms with van der Waals surface area (Å²) in [4.78, 5) is 14.0. The minimum atomic E-state index is -0.848. The Morgan fingerprint density at radius 3 is 2.73 bits per heavy atom. The Bertz CT molecular complexity index is 225. The second kappa shape index (κ2) is 4.97. The molecule has 0 atom stereocenters. The maximum atomic E-state index is 10.1. The van der Waals surface area contributed by atoms with Crippen LogP contribution in [0.1, 0.15) is 5.69 Å². The second-order valence-electron chi connectivity index (χ2n) is 1.89. The first-order chi connectivity index (χ1) is 4.79. The molecule has 1 aromatic rings. The van der Waals surface area contributed by atoms with Crippen LogP contribution >= 0.6 is 0 Å². The number of pyridine rings is 1. The molecule has 0 saturated heterocycles. The van der Waals surface area contributed by atoms with Gasteiger partial charge in [0.15, 0.2) is 0 Å². The first kappa shape index (κ1) is 10.2. The Morgan fingerprint density at radius 2 is 2.27 bits per heavy atom. The van der Waals surface area contributed by atoms with Crippen molar-refractivity contribution in [1.29, 1.82) is 0 Å². The van der Waals surface area contributed by atoms with E-state index in [-0.39, 0.29) is 25.9 Å². The summed E-state index contributed by atoms with van der Waals surface area (Å²) in [5.74, 6) is -0.848. The molecule has 0 saturated carbocycles. The average molecular weight is 203 g/mol. The summed E-state index contributed by atoms with van der Waals surface area (Å²) in [5.41, 5.74) is 0.593. The van der Waals surface area contributed by atoms with Gasteiger partial charge < -0.3 is 5.11 Å². The van der Waals surface area contributed by atoms with E-state index in [9.17, 15) is 4.79 Å². The van der Waals surface area contributed by atoms with E-state index in [0.717, 1.165) is 0 Å². The molecule has 11 heavy (non-hydrogen) atoms. The van der Waals surface area contributed by atoms with Gasteiger partial charge in [-0.2, -0.15) is 0 Å². The standard InChI is InChI=1S/C7H7NO2.Zn/c9-7(10)5-6-3-1-2-4-8-6;/h1-4H,5H2,(H,9,10);/q;+2. The summed E-state index contributed by atoms with van der Waals surface area (Å²) in [6.45, 7) is 0. The third kappa shape index (κ3) is 3.84. The molecule has 1 heterocycles. The van der Waals surface area contributed by atoms with Crippen LogP contribution in [0.25, 0.3) is 0 Å². The van der Waals surface area contributed by atoms with Crippen molar-refractivity contribution < 1.29 is 29.4 Å². The van der Waals surface area contributed by atoms with Crippen LogP contribution in [0, 0.1) is 0 Å². The SMILES string of the molecule is O=C(O)Cc1ccccn1.[Zn+2]. The number of hydrogen-bond acceptors (Lipinski definition) is 2. The van der Waals surface area contributed by atoms with Crippen molar-refractivity contribution in [1.82, 2.24) is 4.98 Å². The van der Waals surface area contributed by atoms with E-state index in [2.05, 4.69) is 4.98 Å². The van der Waals surface area contributed by atoms with E-state index < -0.39 is 5.97 Å². The number of carbonyl (C=O) groups is 1. The van der Waals surface area contributed by atoms with E-state index in [1.165, 1.54) is 0 Å². The van der Waals surface area contributed by atoms with Crippen LogP contribution in [0.15, 0.2) is 24.4 Å². The van der Waals surface area contributed by atoms with Gasteiger partial charge >= 0.3 is 25.4 Å². The number of aromatic nitrogens is 1. The summed E-state index contributed by atoms with van der Waals surface area (Å²) in [6.07, 6.45) is 1.58. The maximum absolute atomic E-state index is 10.1. The zero-order chi connectivity index (χ0) is 7.40. The molecule has 0 unspecified atom stereocenters. The van der Waals surface area contributed by atoms with Crippen LogP contribution in [-0.2, 0) is 30.7 Å². The van der Waals surface area contributed by atoms with Crippen LogP contribution in [0.2, 0.25) is 0 Å². The molecule has 0 spiro atoms. The minimum Gasteiger partial charge on any atom is -0.481 e. The van der Waals surface area contributed by atoms with Gasteiger partial charge in [-0.15, -0.1) is 0 Å². The molecular weight excluding hydrogens is 195 g/mol. The molecule has 0 aliphatic carbocycles. The first-order valence-corrected chi connectivity index (χ1v) is 2.91. The number of carboxylic acid groups (broad SMARTS) is 1. The summed E-state index contributed by atoms with van der Waals surface area (Å²) in [6, 6.07) is 5.21. The zero-order valence-electron chi connectivity index (χ0n) is 6.03. The van der Waals surface area contributed by atoms with Gasteiger partial charge in [-0.25, -0.2) is 0 Å². The van der Waals surface area contributed by atoms with Gasteiger partial charge in [-0.05, 0) is 12.1 Å². The van der Waals surface area contributed by atoms with Gasteiger partial charge in [0, 0.05) is 6.20 Å². The Morgan fingerprint density at radius 1 is 1.55 bits per heavy atom. The van der Waals surface area contributed by atoms with Crippen LogP contribution in [0.3, 0.4) is 0 Å². The molecule has 0 bridgehead atoms. The minimum absolute atomic E-state index is 0. The maximum Gasteiger partial charge on any atom is 2.00 e. The molecule has 1 N–H and O–H groups in total. The molecular formula is C7H7NO2Zn+2. The predicted octanol–water partition coefficient (Wildman–Crippen LogP) is 0.706. The monoisotopic (exact) mass is 201 g/mol. The number of carboxylic acids is 1. The third-order valence-electron chi connectivity index (χ3n) is 1.06. The summed E-state index contributed by atoms with van der Waals surface area (Å²) >= 11 is 0. The number of aliphatic carboxylic acids is 1. The average Bonchev–Trinajstić information content (AvgIpc) is 1.88. The van der Waals surface area contributed by atoms with Crippen molar-refractivity contribution in [2.75, 3.05) is 0 Å². The summed E-state index contributed by atoms with van der Waals surface area (Å²) in [7, 11) is 0. The number of rotatable bonds is 2. The largest absolute Gasteiger partial charge is 2.00 e. The fourth-order valence-electron chi connectivity index (χ4n) is 0.658. The van der Waals surface area contributed by atoms with Gasteiger partial charge in [0.2, 0.25) is 0 Å². The zero-order valence-corrected chi connectivity index (χ0v) is 8.99. The number of nitrogens with zero attached hydrogens (tertiary/aromatic N) is 1. The van der Waals surface area contributed by atoms with E-state index in [4.69, 9.17) is 5.11 Å². The van der Waals surface area contributed by atoms with Crippen molar-refractivity contribution in [3.05, 3.63) is 30.1 Å². The Hall–Kier alpha value is -0.757. The predicted molar refractivity (Wildman–Crippen MR) is 35.6 cm³/mol. The fourth-order valence-corrected chi connectivity index (χ4v) is 0.658. The van der Waals surface area contributed by atoms with Crippen LogP contribution in [0.5, 0.6) is 0 Å². The van der Waals surface area contributed by atoms with Crippen LogP contribution < -0.4 is 0 Å². The van der Waals surface area contributed by atoms with Crippen molar-refractivity contribution in [2.45, 2.75) is 6.42 Å². The van der Waals surface area contributed by atoms with Crippen molar-refractivity contribution in [2.24, 2.45) is 0 Å². The van der Waals surface area contributed by atoms with E-state index in [1.807, 2.05) is 0 Å². The fraction of sp³-hybridized carbons (Fsp3) is 0.143. The first-order valence-electron chi connectivity index (χ1n) is 2.91. The summed E-state index contributed by atoms with van der Waals surface area (Å²) < 4.78 is 0. The Balaban J connectivity index is 0.000001000. The summed E-state index contributed by atoms with van der Waals surface area (Å²) in [5, 5.41) is 8.33. The van der Waals surface area contributed by atoms with E-state index in [0.29, 0.717) is 5.69 Å². The van der Waals surface area contributed by atoms with Crippen molar-refractivity contribution in [3.8, 4) is 0 Å². The Labute approximate surface area is 77.2 Å². The Kier molecular flexibility index (Phi) is 4.63. The molecule has 0 radical (unpaired) electrons. The molecule has 3 nitrogen and oxygen atoms in total. The van der Waals surface area contributed by atoms with Gasteiger partial charge in [0.1, 0.15) is 0 Å². The van der Waals surface area contributed by atoms with Crippen LogP contribution in [0.4, 0.5) is 0 Å². The van der Waals surface area contributed by atoms with Gasteiger partial charge in [0.05, 0.1) is 12.1 Å². The second-order valence-corrected chi connectivity index (χ2v) is 1.89. The normalized spacial score (nSPS) is 8.36. The third-order valence-corrected chi connectivity index (χ3v) is 1.06. The molecule has 0 aliphatic rings. The molecule has 0 fully saturated rings. The van der Waals surface area contributed by atoms with Gasteiger partial charge in [-0.1, -0.05) is 6.07 Å². The quantitative estimate of drug-likeness (QED) is 0.719. The van der Waals surface area contributed by atoms with Gasteiger partial charge in [-0.3, -0.25) is 9.78 Å². The van der Waals surface area contributed by atoms with Crippen molar-refractivity contribution in [3.63, 3.8) is 0 Å². The van der Waals surface area contributed by atoms with E-state index in [1.54, 1.807) is 24.4 Å². The molecule has 0 aliphatic heterocycles. The molecule has 0 aromatic carbocycles. The molecule has 52 valence electrons. The molecule has 0 amide bonds. The number of hydrogen-bond donors (Lipinski definition) is 1. The molecule has 1 rings (SSSR count). The smallest absolute Gasteiger partial charge is 0.481 e. The molecule has 4 heteroatoms. The van der Waals surface area contributed by atoms with Gasteiger partial charge in [0.25, 0.3) is 0 Å². The van der Waals surface area contributed by atoms with Crippen molar-refractivity contribution >= 4 is 5.97 Å². The van der Waals surface area contributed by atoms with E-state index >= 15 is 0 Å².